The van der Waals surface area contributed by atoms with Crippen LogP contribution in [0.25, 0.3) is 11.2 Å². The Kier molecular flexibility index (Phi) is 4.42. The van der Waals surface area contributed by atoms with Crippen molar-refractivity contribution in [2.75, 3.05) is 11.1 Å². The normalized spacial score (nSPS) is 10.8. The van der Waals surface area contributed by atoms with E-state index in [1.54, 1.807) is 0 Å². The molecular weight excluding hydrogens is 314 g/mol. The number of benzene rings is 1. The number of H-pyrrole nitrogens is 2. The largest absolute Gasteiger partial charge is 0.339 e. The summed E-state index contributed by atoms with van der Waals surface area (Å²) in [5.74, 6) is -0.0157. The molecular formula is C15H15N5O2S. The van der Waals surface area contributed by atoms with Crippen LogP contribution in [0.4, 0.5) is 5.69 Å². The van der Waals surface area contributed by atoms with E-state index in [0.717, 1.165) is 23.9 Å². The fourth-order valence-electron chi connectivity index (χ4n) is 2.05. The van der Waals surface area contributed by atoms with Gasteiger partial charge in [-0.05, 0) is 24.1 Å². The van der Waals surface area contributed by atoms with Gasteiger partial charge in [0.15, 0.2) is 16.3 Å². The van der Waals surface area contributed by atoms with E-state index < -0.39 is 0 Å². The minimum absolute atomic E-state index is 0.147. The van der Waals surface area contributed by atoms with Crippen LogP contribution < -0.4 is 10.9 Å². The monoisotopic (exact) mass is 329 g/mol. The lowest BCUT2D eigenvalue weighted by Crippen LogP contribution is -2.15. The summed E-state index contributed by atoms with van der Waals surface area (Å²) in [5.41, 5.74) is 2.33. The average molecular weight is 329 g/mol. The number of amides is 1. The van der Waals surface area contributed by atoms with E-state index in [2.05, 4.69) is 32.2 Å². The third-order valence-electron chi connectivity index (χ3n) is 3.26. The first-order chi connectivity index (χ1) is 11.2. The summed E-state index contributed by atoms with van der Waals surface area (Å²) >= 11 is 1.16. The number of imidazole rings is 1. The molecule has 3 aromatic rings. The second-order valence-corrected chi connectivity index (χ2v) is 5.82. The van der Waals surface area contributed by atoms with E-state index in [1.807, 2.05) is 24.3 Å². The fourth-order valence-corrected chi connectivity index (χ4v) is 2.70. The Morgan fingerprint density at radius 3 is 2.83 bits per heavy atom. The van der Waals surface area contributed by atoms with Gasteiger partial charge < -0.3 is 10.3 Å². The van der Waals surface area contributed by atoms with Crippen molar-refractivity contribution in [2.45, 2.75) is 18.5 Å². The van der Waals surface area contributed by atoms with Gasteiger partial charge in [-0.2, -0.15) is 0 Å². The maximum Gasteiger partial charge on any atom is 0.277 e. The number of anilines is 1. The van der Waals surface area contributed by atoms with E-state index in [4.69, 9.17) is 0 Å². The topological polar surface area (TPSA) is 104 Å². The molecule has 0 radical (unpaired) electrons. The van der Waals surface area contributed by atoms with Crippen molar-refractivity contribution in [1.29, 1.82) is 0 Å². The van der Waals surface area contributed by atoms with Gasteiger partial charge in [0.25, 0.3) is 5.56 Å². The van der Waals surface area contributed by atoms with Crippen molar-refractivity contribution in [3.63, 3.8) is 0 Å². The summed E-state index contributed by atoms with van der Waals surface area (Å²) in [4.78, 5) is 37.2. The van der Waals surface area contributed by atoms with Crippen LogP contribution in [0.15, 0.2) is 40.5 Å². The van der Waals surface area contributed by atoms with E-state index in [0.29, 0.717) is 16.3 Å². The smallest absolute Gasteiger partial charge is 0.277 e. The average Bonchev–Trinajstić information content (AvgIpc) is 3.03. The van der Waals surface area contributed by atoms with Crippen LogP contribution in [0.1, 0.15) is 12.5 Å². The first kappa shape index (κ1) is 15.3. The molecule has 0 bridgehead atoms. The molecule has 1 aromatic carbocycles. The van der Waals surface area contributed by atoms with Crippen LogP contribution in [0.5, 0.6) is 0 Å². The molecule has 3 N–H and O–H groups in total. The van der Waals surface area contributed by atoms with Gasteiger partial charge in [-0.25, -0.2) is 9.97 Å². The quantitative estimate of drug-likeness (QED) is 0.490. The third-order valence-corrected chi connectivity index (χ3v) is 4.13. The number of aromatic nitrogens is 4. The zero-order chi connectivity index (χ0) is 16.2. The number of aryl methyl sites for hydroxylation is 1. The summed E-state index contributed by atoms with van der Waals surface area (Å²) in [6, 6.07) is 7.70. The number of rotatable bonds is 5. The third kappa shape index (κ3) is 3.59. The standard InChI is InChI=1S/C15H15N5O2S/c1-2-9-3-5-10(6-4-9)18-11(21)7-23-15-19-13-12(14(22)20-15)16-8-17-13/h3-6,8H,2,7H2,1H3,(H,18,21)(H2,16,17,19,20,22). The molecule has 0 aliphatic rings. The van der Waals surface area contributed by atoms with Gasteiger partial charge >= 0.3 is 0 Å². The molecule has 0 aliphatic carbocycles. The van der Waals surface area contributed by atoms with Crippen molar-refractivity contribution in [3.8, 4) is 0 Å². The molecule has 3 rings (SSSR count). The molecule has 2 aromatic heterocycles. The number of fused-ring (bicyclic) bond motifs is 1. The second-order valence-electron chi connectivity index (χ2n) is 4.86. The van der Waals surface area contributed by atoms with Gasteiger partial charge in [-0.15, -0.1) is 0 Å². The van der Waals surface area contributed by atoms with Crippen LogP contribution >= 0.6 is 11.8 Å². The Balaban J connectivity index is 1.62. The highest BCUT2D eigenvalue weighted by Crippen LogP contribution is 2.15. The minimum atomic E-state index is -0.300. The number of nitrogens with one attached hydrogen (secondary N) is 3. The van der Waals surface area contributed by atoms with E-state index in [1.165, 1.54) is 11.9 Å². The van der Waals surface area contributed by atoms with Crippen LogP contribution in [0, 0.1) is 0 Å². The molecule has 0 spiro atoms. The molecule has 0 atom stereocenters. The summed E-state index contributed by atoms with van der Waals surface area (Å²) in [6.07, 6.45) is 2.37. The molecule has 7 nitrogen and oxygen atoms in total. The van der Waals surface area contributed by atoms with Crippen LogP contribution in [-0.2, 0) is 11.2 Å². The van der Waals surface area contributed by atoms with Crippen molar-refractivity contribution in [3.05, 3.63) is 46.5 Å². The maximum absolute atomic E-state index is 12.0. The highest BCUT2D eigenvalue weighted by molar-refractivity contribution is 7.99. The highest BCUT2D eigenvalue weighted by Gasteiger charge is 2.09. The van der Waals surface area contributed by atoms with Gasteiger partial charge in [-0.3, -0.25) is 14.6 Å². The first-order valence-corrected chi connectivity index (χ1v) is 8.09. The number of aromatic amines is 2. The van der Waals surface area contributed by atoms with Crippen LogP contribution in [0.2, 0.25) is 0 Å². The number of nitrogens with zero attached hydrogens (tertiary/aromatic N) is 2. The maximum atomic E-state index is 12.0. The molecule has 0 saturated carbocycles. The lowest BCUT2D eigenvalue weighted by molar-refractivity contribution is -0.113. The summed E-state index contributed by atoms with van der Waals surface area (Å²) < 4.78 is 0. The Labute approximate surface area is 135 Å². The van der Waals surface area contributed by atoms with Gasteiger partial charge in [0.05, 0.1) is 12.1 Å². The molecule has 0 unspecified atom stereocenters. The number of hydrogen-bond acceptors (Lipinski definition) is 5. The van der Waals surface area contributed by atoms with Gasteiger partial charge in [0.1, 0.15) is 0 Å². The summed E-state index contributed by atoms with van der Waals surface area (Å²) in [6.45, 7) is 2.08. The minimum Gasteiger partial charge on any atom is -0.339 e. The van der Waals surface area contributed by atoms with Crippen LogP contribution in [0.3, 0.4) is 0 Å². The first-order valence-electron chi connectivity index (χ1n) is 7.10. The number of hydrogen-bond donors (Lipinski definition) is 3. The van der Waals surface area contributed by atoms with Crippen LogP contribution in [-0.4, -0.2) is 31.6 Å². The predicted octanol–water partition coefficient (Wildman–Crippen LogP) is 1.94. The number of thioether (sulfide) groups is 1. The lowest BCUT2D eigenvalue weighted by Gasteiger charge is -2.05. The molecule has 0 aliphatic heterocycles. The zero-order valence-corrected chi connectivity index (χ0v) is 13.2. The molecule has 0 saturated heterocycles. The van der Waals surface area contributed by atoms with Crippen molar-refractivity contribution < 1.29 is 4.79 Å². The predicted molar refractivity (Wildman–Crippen MR) is 89.7 cm³/mol. The van der Waals surface area contributed by atoms with Crippen molar-refractivity contribution >= 4 is 34.5 Å². The SMILES string of the molecule is CCc1ccc(NC(=O)CSc2nc3nc[nH]c3c(=O)[nH]2)cc1. The number of carbonyl (C=O) groups excluding carboxylic acids is 1. The van der Waals surface area contributed by atoms with Gasteiger partial charge in [0.2, 0.25) is 5.91 Å². The molecule has 1 amide bonds. The summed E-state index contributed by atoms with van der Waals surface area (Å²) in [7, 11) is 0. The van der Waals surface area contributed by atoms with E-state index in [-0.39, 0.29) is 17.2 Å². The second kappa shape index (κ2) is 6.66. The number of carbonyl (C=O) groups is 1. The fraction of sp³-hybridized carbons (Fsp3) is 0.200. The zero-order valence-electron chi connectivity index (χ0n) is 12.4. The van der Waals surface area contributed by atoms with E-state index >= 15 is 0 Å². The molecule has 2 heterocycles. The molecule has 23 heavy (non-hydrogen) atoms. The van der Waals surface area contributed by atoms with Gasteiger partial charge in [-0.1, -0.05) is 30.8 Å². The van der Waals surface area contributed by atoms with E-state index in [9.17, 15) is 9.59 Å². The van der Waals surface area contributed by atoms with Gasteiger partial charge in [0, 0.05) is 5.69 Å². The Hall–Kier alpha value is -2.61. The lowest BCUT2D eigenvalue weighted by atomic mass is 10.1. The molecule has 8 heteroatoms. The summed E-state index contributed by atoms with van der Waals surface area (Å²) in [5, 5.41) is 3.18. The Morgan fingerprint density at radius 2 is 2.09 bits per heavy atom. The highest BCUT2D eigenvalue weighted by atomic mass is 32.2. The molecule has 0 fully saturated rings. The molecule has 118 valence electrons. The Bertz CT molecular complexity index is 885. The Morgan fingerprint density at radius 1 is 1.30 bits per heavy atom. The van der Waals surface area contributed by atoms with Crippen molar-refractivity contribution in [2.24, 2.45) is 0 Å². The van der Waals surface area contributed by atoms with Crippen molar-refractivity contribution in [1.82, 2.24) is 19.9 Å².